The molecule has 0 saturated heterocycles. The second-order valence-electron chi connectivity index (χ2n) is 9.13. The summed E-state index contributed by atoms with van der Waals surface area (Å²) < 4.78 is 27.0. The van der Waals surface area contributed by atoms with Crippen molar-refractivity contribution < 1.29 is 18.0 Å². The van der Waals surface area contributed by atoms with Gasteiger partial charge in [-0.05, 0) is 57.5 Å². The minimum Gasteiger partial charge on any atom is -0.350 e. The van der Waals surface area contributed by atoms with Gasteiger partial charge in [-0.25, -0.2) is 8.42 Å². The fourth-order valence-electron chi connectivity index (χ4n) is 3.47. The molecule has 35 heavy (non-hydrogen) atoms. The molecule has 1 atom stereocenters. The first-order chi connectivity index (χ1) is 16.1. The van der Waals surface area contributed by atoms with E-state index in [1.807, 2.05) is 20.8 Å². The van der Waals surface area contributed by atoms with E-state index in [9.17, 15) is 18.0 Å². The Bertz CT molecular complexity index is 1170. The molecule has 0 fully saturated rings. The van der Waals surface area contributed by atoms with Crippen molar-refractivity contribution in [2.75, 3.05) is 17.1 Å². The molecule has 0 aliphatic heterocycles. The van der Waals surface area contributed by atoms with Gasteiger partial charge in [0.2, 0.25) is 21.8 Å². The van der Waals surface area contributed by atoms with Crippen molar-refractivity contribution in [3.05, 3.63) is 62.5 Å². The van der Waals surface area contributed by atoms with Gasteiger partial charge < -0.3 is 10.2 Å². The number of amides is 2. The summed E-state index contributed by atoms with van der Waals surface area (Å²) in [4.78, 5) is 28.2. The van der Waals surface area contributed by atoms with Gasteiger partial charge in [-0.2, -0.15) is 0 Å². The maximum absolute atomic E-state index is 13.7. The number of nitrogens with zero attached hydrogens (tertiary/aromatic N) is 2. The summed E-state index contributed by atoms with van der Waals surface area (Å²) in [5.41, 5.74) is 0.258. The van der Waals surface area contributed by atoms with Gasteiger partial charge in [0.05, 0.1) is 11.9 Å². The third-order valence-corrected chi connectivity index (χ3v) is 7.39. The fraction of sp³-hybridized carbons (Fsp3) is 0.417. The molecule has 2 rings (SSSR count). The normalized spacial score (nSPS) is 12.7. The van der Waals surface area contributed by atoms with Crippen LogP contribution in [0.5, 0.6) is 0 Å². The number of anilines is 1. The van der Waals surface area contributed by atoms with Crippen molar-refractivity contribution in [3.63, 3.8) is 0 Å². The van der Waals surface area contributed by atoms with E-state index < -0.39 is 34.1 Å². The van der Waals surface area contributed by atoms with E-state index in [1.165, 1.54) is 4.90 Å². The molecule has 0 aromatic heterocycles. The zero-order chi connectivity index (χ0) is 26.6. The highest BCUT2D eigenvalue weighted by atomic mass is 79.9. The van der Waals surface area contributed by atoms with Crippen LogP contribution in [0.2, 0.25) is 10.0 Å². The highest BCUT2D eigenvalue weighted by Gasteiger charge is 2.33. The zero-order valence-electron chi connectivity index (χ0n) is 20.3. The molecule has 0 heterocycles. The van der Waals surface area contributed by atoms with Crippen LogP contribution < -0.4 is 9.62 Å². The molecule has 1 N–H and O–H groups in total. The topological polar surface area (TPSA) is 86.8 Å². The summed E-state index contributed by atoms with van der Waals surface area (Å²) in [6.45, 7) is 6.73. The Morgan fingerprint density at radius 1 is 1.09 bits per heavy atom. The lowest BCUT2D eigenvalue weighted by molar-refractivity contribution is -0.141. The molecule has 2 aromatic rings. The largest absolute Gasteiger partial charge is 0.350 e. The molecule has 2 aromatic carbocycles. The molecular formula is C24H30BrCl2N3O4S. The standard InChI is InChI=1S/C24H30BrCl2N3O4S/c1-6-21(23(32)28-24(2,3)4)29(14-18-19(26)11-8-12-20(18)27)22(31)15-30(35(5,33)34)17-10-7-9-16(25)13-17/h7-13,21H,6,14-15H2,1-5H3,(H,28,32). The Morgan fingerprint density at radius 2 is 1.66 bits per heavy atom. The number of hydrogen-bond donors (Lipinski definition) is 1. The second kappa shape index (κ2) is 12.0. The van der Waals surface area contributed by atoms with Crippen molar-refractivity contribution >= 4 is 66.7 Å². The molecule has 0 aliphatic carbocycles. The molecule has 1 unspecified atom stereocenters. The Morgan fingerprint density at radius 3 is 2.14 bits per heavy atom. The predicted molar refractivity (Wildman–Crippen MR) is 145 cm³/mol. The monoisotopic (exact) mass is 605 g/mol. The van der Waals surface area contributed by atoms with E-state index in [1.54, 1.807) is 49.4 Å². The van der Waals surface area contributed by atoms with Crippen LogP contribution >= 0.6 is 39.1 Å². The van der Waals surface area contributed by atoms with Crippen LogP contribution in [0.25, 0.3) is 0 Å². The van der Waals surface area contributed by atoms with E-state index in [0.717, 1.165) is 10.6 Å². The predicted octanol–water partition coefficient (Wildman–Crippen LogP) is 5.24. The van der Waals surface area contributed by atoms with Crippen molar-refractivity contribution in [3.8, 4) is 0 Å². The quantitative estimate of drug-likeness (QED) is 0.423. The van der Waals surface area contributed by atoms with E-state index in [4.69, 9.17) is 23.2 Å². The fourth-order valence-corrected chi connectivity index (χ4v) is 5.22. The minimum absolute atomic E-state index is 0.0660. The van der Waals surface area contributed by atoms with E-state index in [-0.39, 0.29) is 12.5 Å². The van der Waals surface area contributed by atoms with Crippen LogP contribution in [0.4, 0.5) is 5.69 Å². The number of halogens is 3. The van der Waals surface area contributed by atoms with Gasteiger partial charge in [0, 0.05) is 32.2 Å². The van der Waals surface area contributed by atoms with Crippen molar-refractivity contribution in [1.82, 2.24) is 10.2 Å². The summed E-state index contributed by atoms with van der Waals surface area (Å²) in [6.07, 6.45) is 1.32. The maximum atomic E-state index is 13.7. The molecule has 0 saturated carbocycles. The maximum Gasteiger partial charge on any atom is 0.244 e. The summed E-state index contributed by atoms with van der Waals surface area (Å²) >= 11 is 16.1. The number of nitrogens with one attached hydrogen (secondary N) is 1. The van der Waals surface area contributed by atoms with Crippen LogP contribution in [0.15, 0.2) is 46.9 Å². The third kappa shape index (κ3) is 8.37. The lowest BCUT2D eigenvalue weighted by Crippen LogP contribution is -2.55. The molecule has 7 nitrogen and oxygen atoms in total. The number of carbonyl (C=O) groups is 2. The summed E-state index contributed by atoms with van der Waals surface area (Å²) in [7, 11) is -3.82. The van der Waals surface area contributed by atoms with Crippen LogP contribution in [-0.4, -0.2) is 49.5 Å². The van der Waals surface area contributed by atoms with Crippen molar-refractivity contribution in [2.45, 2.75) is 52.2 Å². The highest BCUT2D eigenvalue weighted by molar-refractivity contribution is 9.10. The van der Waals surface area contributed by atoms with Gasteiger partial charge in [0.1, 0.15) is 12.6 Å². The van der Waals surface area contributed by atoms with Gasteiger partial charge in [0.25, 0.3) is 0 Å². The first kappa shape index (κ1) is 29.4. The molecule has 0 bridgehead atoms. The third-order valence-electron chi connectivity index (χ3n) is 5.05. The molecule has 0 spiro atoms. The number of rotatable bonds is 9. The van der Waals surface area contributed by atoms with E-state index in [0.29, 0.717) is 32.2 Å². The highest BCUT2D eigenvalue weighted by Crippen LogP contribution is 2.28. The molecule has 0 radical (unpaired) electrons. The molecule has 2 amide bonds. The zero-order valence-corrected chi connectivity index (χ0v) is 24.2. The summed E-state index contributed by atoms with van der Waals surface area (Å²) in [5, 5.41) is 3.59. The number of sulfonamides is 1. The average Bonchev–Trinajstić information content (AvgIpc) is 2.71. The number of carbonyl (C=O) groups excluding carboxylic acids is 2. The summed E-state index contributed by atoms with van der Waals surface area (Å²) in [5.74, 6) is -0.924. The average molecular weight is 607 g/mol. The number of hydrogen-bond acceptors (Lipinski definition) is 4. The first-order valence-electron chi connectivity index (χ1n) is 10.9. The van der Waals surface area contributed by atoms with Gasteiger partial charge >= 0.3 is 0 Å². The van der Waals surface area contributed by atoms with Gasteiger partial charge in [-0.15, -0.1) is 0 Å². The Hall–Kier alpha value is -1.81. The molecular weight excluding hydrogens is 577 g/mol. The van der Waals surface area contributed by atoms with Gasteiger partial charge in [-0.1, -0.05) is 58.2 Å². The van der Waals surface area contributed by atoms with E-state index in [2.05, 4.69) is 21.2 Å². The van der Waals surface area contributed by atoms with E-state index >= 15 is 0 Å². The van der Waals surface area contributed by atoms with Crippen LogP contribution in [-0.2, 0) is 26.2 Å². The van der Waals surface area contributed by atoms with Crippen molar-refractivity contribution in [2.24, 2.45) is 0 Å². The van der Waals surface area contributed by atoms with Crippen LogP contribution in [0.1, 0.15) is 39.7 Å². The van der Waals surface area contributed by atoms with Crippen LogP contribution in [0.3, 0.4) is 0 Å². The SMILES string of the molecule is CCC(C(=O)NC(C)(C)C)N(Cc1c(Cl)cccc1Cl)C(=O)CN(c1cccc(Br)c1)S(C)(=O)=O. The summed E-state index contributed by atoms with van der Waals surface area (Å²) in [6, 6.07) is 10.7. The minimum atomic E-state index is -3.82. The molecule has 11 heteroatoms. The second-order valence-corrected chi connectivity index (χ2v) is 12.8. The number of benzene rings is 2. The smallest absolute Gasteiger partial charge is 0.244 e. The Kier molecular flexibility index (Phi) is 10.0. The van der Waals surface area contributed by atoms with Gasteiger partial charge in [0.15, 0.2) is 0 Å². The first-order valence-corrected chi connectivity index (χ1v) is 14.3. The molecule has 0 aliphatic rings. The Labute approximate surface area is 225 Å². The van der Waals surface area contributed by atoms with Crippen molar-refractivity contribution in [1.29, 1.82) is 0 Å². The lowest BCUT2D eigenvalue weighted by Gasteiger charge is -2.34. The van der Waals surface area contributed by atoms with Gasteiger partial charge in [-0.3, -0.25) is 13.9 Å². The Balaban J connectivity index is 2.52. The molecule has 192 valence electrons. The lowest BCUT2D eigenvalue weighted by atomic mass is 10.1. The van der Waals surface area contributed by atoms with Crippen LogP contribution in [0, 0.1) is 0 Å².